The maximum Gasteiger partial charge on any atom is 0.346 e. The summed E-state index contributed by atoms with van der Waals surface area (Å²) in [5.41, 5.74) is 5.37. The van der Waals surface area contributed by atoms with Gasteiger partial charge >= 0.3 is 5.69 Å². The first-order chi connectivity index (χ1) is 11.5. The molecular weight excluding hydrogens is 317 g/mol. The molecule has 3 rings (SSSR count). The molecule has 24 heavy (non-hydrogen) atoms. The number of halogens is 1. The number of carbonyl (C=O) groups is 1. The quantitative estimate of drug-likeness (QED) is 0.738. The molecule has 0 aromatic carbocycles. The molecule has 1 fully saturated rings. The van der Waals surface area contributed by atoms with Crippen molar-refractivity contribution >= 4 is 23.2 Å². The van der Waals surface area contributed by atoms with Gasteiger partial charge in [0, 0.05) is 25.5 Å². The average Bonchev–Trinajstić information content (AvgIpc) is 2.55. The van der Waals surface area contributed by atoms with E-state index in [0.29, 0.717) is 25.1 Å². The van der Waals surface area contributed by atoms with Crippen molar-refractivity contribution in [3.05, 3.63) is 34.8 Å². The molecule has 9 nitrogen and oxygen atoms in total. The predicted octanol–water partition coefficient (Wildman–Crippen LogP) is 0.333. The molecule has 10 heteroatoms. The highest BCUT2D eigenvalue weighted by atomic mass is 19.1. The van der Waals surface area contributed by atoms with Crippen molar-refractivity contribution in [1.82, 2.24) is 19.9 Å². The lowest BCUT2D eigenvalue weighted by molar-refractivity contribution is 0.102. The number of aromatic amines is 1. The standard InChI is InChI=1S/C14H16FN7O2/c15-8-2-1-5-22(7-8)9-6-19-14(24)21-12(9)20-13(23)10-11(16)18-4-3-17-10/h3-4,6,8H,1-2,5,7H2,(H2,16,18)(H2,19,20,21,23,24). The number of hydrogen-bond donors (Lipinski definition) is 3. The van der Waals surface area contributed by atoms with E-state index in [-0.39, 0.29) is 23.9 Å². The average molecular weight is 333 g/mol. The van der Waals surface area contributed by atoms with E-state index in [1.165, 1.54) is 18.6 Å². The minimum atomic E-state index is -0.968. The highest BCUT2D eigenvalue weighted by molar-refractivity contribution is 6.06. The molecule has 1 aliphatic heterocycles. The molecule has 0 bridgehead atoms. The van der Waals surface area contributed by atoms with Crippen LogP contribution in [-0.4, -0.2) is 45.1 Å². The Balaban J connectivity index is 1.90. The molecule has 126 valence electrons. The van der Waals surface area contributed by atoms with Crippen LogP contribution in [0.15, 0.2) is 23.4 Å². The molecule has 1 unspecified atom stereocenters. The zero-order valence-corrected chi connectivity index (χ0v) is 12.7. The van der Waals surface area contributed by atoms with Gasteiger partial charge in [-0.3, -0.25) is 9.78 Å². The molecule has 2 aromatic rings. The third-order valence-electron chi connectivity index (χ3n) is 3.68. The first-order valence-electron chi connectivity index (χ1n) is 7.41. The van der Waals surface area contributed by atoms with Gasteiger partial charge in [-0.2, -0.15) is 4.98 Å². The summed E-state index contributed by atoms with van der Waals surface area (Å²) in [6.07, 6.45) is 4.20. The van der Waals surface area contributed by atoms with Gasteiger partial charge in [0.2, 0.25) is 0 Å². The highest BCUT2D eigenvalue weighted by Gasteiger charge is 2.23. The van der Waals surface area contributed by atoms with Gasteiger partial charge in [0.1, 0.15) is 12.0 Å². The van der Waals surface area contributed by atoms with Crippen LogP contribution in [0.5, 0.6) is 0 Å². The van der Waals surface area contributed by atoms with Gasteiger partial charge in [-0.1, -0.05) is 0 Å². The van der Waals surface area contributed by atoms with Crippen LogP contribution in [0.2, 0.25) is 0 Å². The van der Waals surface area contributed by atoms with Crippen LogP contribution in [0.4, 0.5) is 21.7 Å². The molecule has 2 aromatic heterocycles. The van der Waals surface area contributed by atoms with Crippen LogP contribution < -0.4 is 21.6 Å². The molecule has 1 atom stereocenters. The monoisotopic (exact) mass is 333 g/mol. The molecule has 0 radical (unpaired) electrons. The fourth-order valence-electron chi connectivity index (χ4n) is 2.56. The Bertz CT molecular complexity index is 810. The molecule has 4 N–H and O–H groups in total. The minimum Gasteiger partial charge on any atom is -0.382 e. The maximum absolute atomic E-state index is 13.7. The molecule has 0 aliphatic carbocycles. The number of anilines is 3. The third-order valence-corrected chi connectivity index (χ3v) is 3.68. The summed E-state index contributed by atoms with van der Waals surface area (Å²) in [4.78, 5) is 39.3. The van der Waals surface area contributed by atoms with Gasteiger partial charge in [-0.15, -0.1) is 0 Å². The van der Waals surface area contributed by atoms with E-state index in [1.807, 2.05) is 0 Å². The molecule has 1 amide bonds. The molecule has 0 saturated carbocycles. The lowest BCUT2D eigenvalue weighted by atomic mass is 10.1. The van der Waals surface area contributed by atoms with Gasteiger partial charge in [0.05, 0.1) is 11.9 Å². The molecular formula is C14H16FN7O2. The molecule has 1 aliphatic rings. The molecule has 0 spiro atoms. The van der Waals surface area contributed by atoms with Crippen LogP contribution in [0.25, 0.3) is 0 Å². The number of carbonyl (C=O) groups excluding carboxylic acids is 1. The van der Waals surface area contributed by atoms with E-state index >= 15 is 0 Å². The van der Waals surface area contributed by atoms with E-state index < -0.39 is 17.8 Å². The second kappa shape index (κ2) is 6.60. The fraction of sp³-hybridized carbons (Fsp3) is 0.357. The van der Waals surface area contributed by atoms with Gasteiger partial charge in [-0.05, 0) is 12.8 Å². The number of hydrogen-bond acceptors (Lipinski definition) is 7. The van der Waals surface area contributed by atoms with E-state index in [0.717, 1.165) is 0 Å². The van der Waals surface area contributed by atoms with Gasteiger partial charge in [-0.25, -0.2) is 19.2 Å². The number of alkyl halides is 1. The topological polar surface area (TPSA) is 130 Å². The Morgan fingerprint density at radius 3 is 2.92 bits per heavy atom. The SMILES string of the molecule is Nc1nccnc1C(=O)Nc1[nH]c(=O)ncc1N1CCCC(F)C1. The van der Waals surface area contributed by atoms with Crippen molar-refractivity contribution < 1.29 is 9.18 Å². The summed E-state index contributed by atoms with van der Waals surface area (Å²) in [5, 5.41) is 2.54. The first kappa shape index (κ1) is 15.8. The summed E-state index contributed by atoms with van der Waals surface area (Å²) in [5.74, 6) is -0.536. The van der Waals surface area contributed by atoms with E-state index in [2.05, 4.69) is 25.3 Å². The van der Waals surface area contributed by atoms with Crippen molar-refractivity contribution in [2.45, 2.75) is 19.0 Å². The lowest BCUT2D eigenvalue weighted by Crippen LogP contribution is -2.37. The smallest absolute Gasteiger partial charge is 0.346 e. The Hall–Kier alpha value is -3.04. The van der Waals surface area contributed by atoms with Crippen LogP contribution in [-0.2, 0) is 0 Å². The zero-order valence-electron chi connectivity index (χ0n) is 12.7. The third kappa shape index (κ3) is 3.31. The summed E-state index contributed by atoms with van der Waals surface area (Å²) in [6, 6.07) is 0. The number of nitrogens with zero attached hydrogens (tertiary/aromatic N) is 4. The minimum absolute atomic E-state index is 0.0326. The Morgan fingerprint density at radius 2 is 2.17 bits per heavy atom. The maximum atomic E-state index is 13.7. The zero-order chi connectivity index (χ0) is 17.1. The van der Waals surface area contributed by atoms with Gasteiger partial charge in [0.15, 0.2) is 11.5 Å². The number of nitrogens with one attached hydrogen (secondary N) is 2. The summed E-state index contributed by atoms with van der Waals surface area (Å²) in [7, 11) is 0. The molecule has 1 saturated heterocycles. The second-order valence-corrected chi connectivity index (χ2v) is 5.38. The summed E-state index contributed by atoms with van der Waals surface area (Å²) < 4.78 is 13.7. The van der Waals surface area contributed by atoms with Crippen LogP contribution in [0.1, 0.15) is 23.3 Å². The van der Waals surface area contributed by atoms with Crippen molar-refractivity contribution in [3.63, 3.8) is 0 Å². The normalized spacial score (nSPS) is 17.5. The number of nitrogen functional groups attached to an aromatic ring is 1. The second-order valence-electron chi connectivity index (χ2n) is 5.38. The predicted molar refractivity (Wildman–Crippen MR) is 85.6 cm³/mol. The lowest BCUT2D eigenvalue weighted by Gasteiger charge is -2.31. The number of H-pyrrole nitrogens is 1. The Morgan fingerprint density at radius 1 is 1.38 bits per heavy atom. The first-order valence-corrected chi connectivity index (χ1v) is 7.41. The van der Waals surface area contributed by atoms with Gasteiger partial charge < -0.3 is 16.0 Å². The number of rotatable bonds is 3. The van der Waals surface area contributed by atoms with Crippen LogP contribution in [0, 0.1) is 0 Å². The van der Waals surface area contributed by atoms with E-state index in [4.69, 9.17) is 5.73 Å². The fourth-order valence-corrected chi connectivity index (χ4v) is 2.56. The molecule has 3 heterocycles. The highest BCUT2D eigenvalue weighted by Crippen LogP contribution is 2.26. The van der Waals surface area contributed by atoms with Crippen molar-refractivity contribution in [2.24, 2.45) is 0 Å². The van der Waals surface area contributed by atoms with Crippen molar-refractivity contribution in [1.29, 1.82) is 0 Å². The van der Waals surface area contributed by atoms with E-state index in [1.54, 1.807) is 4.90 Å². The van der Waals surface area contributed by atoms with Gasteiger partial charge in [0.25, 0.3) is 5.91 Å². The number of nitrogens with two attached hydrogens (primary N) is 1. The van der Waals surface area contributed by atoms with Crippen molar-refractivity contribution in [3.8, 4) is 0 Å². The summed E-state index contributed by atoms with van der Waals surface area (Å²) >= 11 is 0. The van der Waals surface area contributed by atoms with Crippen molar-refractivity contribution in [2.75, 3.05) is 29.0 Å². The van der Waals surface area contributed by atoms with E-state index in [9.17, 15) is 14.0 Å². The Labute approximate surface area is 136 Å². The Kier molecular flexibility index (Phi) is 4.36. The largest absolute Gasteiger partial charge is 0.382 e. The number of piperidine rings is 1. The van der Waals surface area contributed by atoms with Crippen LogP contribution >= 0.6 is 0 Å². The number of amides is 1. The number of aromatic nitrogens is 4. The van der Waals surface area contributed by atoms with Crippen LogP contribution in [0.3, 0.4) is 0 Å². The summed E-state index contributed by atoms with van der Waals surface area (Å²) in [6.45, 7) is 0.772.